The van der Waals surface area contributed by atoms with Crippen molar-refractivity contribution < 1.29 is 33.1 Å². The lowest BCUT2D eigenvalue weighted by molar-refractivity contribution is -0.136. The normalized spacial score (nSPS) is 12.2. The summed E-state index contributed by atoms with van der Waals surface area (Å²) in [5, 5.41) is 2.51. The van der Waals surface area contributed by atoms with Gasteiger partial charge in [0.15, 0.2) is 6.61 Å². The summed E-state index contributed by atoms with van der Waals surface area (Å²) in [5.41, 5.74) is 0.600. The summed E-state index contributed by atoms with van der Waals surface area (Å²) in [6, 6.07) is 9.04. The fourth-order valence-corrected chi connectivity index (χ4v) is 3.07. The molecule has 10 heteroatoms. The second-order valence-electron chi connectivity index (χ2n) is 7.15. The molecule has 0 unspecified atom stereocenters. The van der Waals surface area contributed by atoms with Crippen molar-refractivity contribution in [1.29, 1.82) is 0 Å². The minimum atomic E-state index is -0.863. The first-order valence-electron chi connectivity index (χ1n) is 9.79. The van der Waals surface area contributed by atoms with Crippen LogP contribution in [0.5, 0.6) is 0 Å². The molecule has 1 aliphatic rings. The van der Waals surface area contributed by atoms with Gasteiger partial charge in [0.25, 0.3) is 17.7 Å². The zero-order valence-electron chi connectivity index (χ0n) is 17.7. The Bertz CT molecular complexity index is 1150. The van der Waals surface area contributed by atoms with E-state index in [1.54, 1.807) is 0 Å². The Kier molecular flexibility index (Phi) is 6.97. The quantitative estimate of drug-likeness (QED) is 0.371. The molecule has 0 radical (unpaired) electrons. The molecule has 3 rings (SSSR count). The molecular formula is C23H20FN3O6. The van der Waals surface area contributed by atoms with Crippen LogP contribution in [0.4, 0.5) is 10.1 Å². The Hall–Kier alpha value is -4.34. The molecule has 170 valence electrons. The first-order chi connectivity index (χ1) is 15.7. The van der Waals surface area contributed by atoms with E-state index in [0.29, 0.717) is 5.69 Å². The number of amides is 4. The average molecular weight is 453 g/mol. The van der Waals surface area contributed by atoms with Crippen molar-refractivity contribution in [1.82, 2.24) is 9.80 Å². The maximum atomic E-state index is 12.9. The first-order valence-corrected chi connectivity index (χ1v) is 9.79. The van der Waals surface area contributed by atoms with Gasteiger partial charge in [-0.25, -0.2) is 9.18 Å². The van der Waals surface area contributed by atoms with E-state index in [1.807, 2.05) is 0 Å². The summed E-state index contributed by atoms with van der Waals surface area (Å²) in [5.74, 6) is -3.50. The van der Waals surface area contributed by atoms with E-state index in [1.165, 1.54) is 55.6 Å². The third kappa shape index (κ3) is 5.29. The molecule has 2 aromatic rings. The number of benzene rings is 2. The number of hydrogen-bond donors (Lipinski definition) is 1. The van der Waals surface area contributed by atoms with Crippen LogP contribution < -0.4 is 5.32 Å². The van der Waals surface area contributed by atoms with Crippen LogP contribution in [0.15, 0.2) is 55.1 Å². The topological polar surface area (TPSA) is 113 Å². The Morgan fingerprint density at radius 2 is 1.76 bits per heavy atom. The lowest BCUT2D eigenvalue weighted by Gasteiger charge is -2.17. The molecule has 0 saturated carbocycles. The van der Waals surface area contributed by atoms with Gasteiger partial charge in [0.2, 0.25) is 5.91 Å². The molecular weight excluding hydrogens is 433 g/mol. The number of anilines is 1. The number of halogens is 1. The summed E-state index contributed by atoms with van der Waals surface area (Å²) >= 11 is 0. The molecule has 1 aliphatic heterocycles. The third-order valence-corrected chi connectivity index (χ3v) is 4.78. The number of imide groups is 1. The number of carbonyl (C=O) groups excluding carboxylic acids is 5. The fourth-order valence-electron chi connectivity index (χ4n) is 3.07. The van der Waals surface area contributed by atoms with E-state index >= 15 is 0 Å². The van der Waals surface area contributed by atoms with Crippen LogP contribution in [0.25, 0.3) is 0 Å². The van der Waals surface area contributed by atoms with Crippen molar-refractivity contribution in [3.63, 3.8) is 0 Å². The lowest BCUT2D eigenvalue weighted by Crippen LogP contribution is -2.37. The van der Waals surface area contributed by atoms with E-state index in [4.69, 9.17) is 4.74 Å². The van der Waals surface area contributed by atoms with Gasteiger partial charge >= 0.3 is 5.97 Å². The fraction of sp³-hybridized carbons (Fsp3) is 0.174. The zero-order valence-corrected chi connectivity index (χ0v) is 17.7. The summed E-state index contributed by atoms with van der Waals surface area (Å²) in [6.45, 7) is 2.60. The van der Waals surface area contributed by atoms with Gasteiger partial charge in [-0.1, -0.05) is 6.08 Å². The molecule has 0 aromatic heterocycles. The Balaban J connectivity index is 1.54. The minimum Gasteiger partial charge on any atom is -0.452 e. The smallest absolute Gasteiger partial charge is 0.338 e. The van der Waals surface area contributed by atoms with Gasteiger partial charge in [-0.2, -0.15) is 0 Å². The molecule has 0 aliphatic carbocycles. The molecule has 0 saturated heterocycles. The van der Waals surface area contributed by atoms with Crippen molar-refractivity contribution in [2.75, 3.05) is 32.1 Å². The van der Waals surface area contributed by atoms with Gasteiger partial charge in [0.05, 0.1) is 23.2 Å². The zero-order chi connectivity index (χ0) is 24.1. The average Bonchev–Trinajstić information content (AvgIpc) is 3.03. The molecule has 0 bridgehead atoms. The van der Waals surface area contributed by atoms with E-state index in [0.717, 1.165) is 9.80 Å². The van der Waals surface area contributed by atoms with Gasteiger partial charge in [-0.15, -0.1) is 6.58 Å². The number of carbonyl (C=O) groups is 5. The number of ether oxygens (including phenoxy) is 1. The molecule has 33 heavy (non-hydrogen) atoms. The minimum absolute atomic E-state index is 0.000131. The number of likely N-dealkylation sites (N-methyl/N-ethyl adjacent to an activating group) is 1. The molecule has 9 nitrogen and oxygen atoms in total. The molecule has 4 amide bonds. The van der Waals surface area contributed by atoms with E-state index < -0.39 is 42.0 Å². The van der Waals surface area contributed by atoms with E-state index in [-0.39, 0.29) is 29.8 Å². The van der Waals surface area contributed by atoms with Gasteiger partial charge in [0, 0.05) is 19.3 Å². The van der Waals surface area contributed by atoms with Crippen LogP contribution >= 0.6 is 0 Å². The van der Waals surface area contributed by atoms with Crippen molar-refractivity contribution in [3.05, 3.63) is 77.6 Å². The van der Waals surface area contributed by atoms with Gasteiger partial charge < -0.3 is 15.0 Å². The predicted octanol–water partition coefficient (Wildman–Crippen LogP) is 1.86. The number of nitrogens with zero attached hydrogens (tertiary/aromatic N) is 2. The summed E-state index contributed by atoms with van der Waals surface area (Å²) < 4.78 is 17.9. The Morgan fingerprint density at radius 1 is 1.09 bits per heavy atom. The largest absolute Gasteiger partial charge is 0.452 e. The monoisotopic (exact) mass is 453 g/mol. The van der Waals surface area contributed by atoms with Crippen LogP contribution in [-0.2, 0) is 14.3 Å². The molecule has 0 spiro atoms. The van der Waals surface area contributed by atoms with Crippen LogP contribution in [0, 0.1) is 5.82 Å². The third-order valence-electron chi connectivity index (χ3n) is 4.78. The van der Waals surface area contributed by atoms with Crippen LogP contribution in [-0.4, -0.2) is 66.1 Å². The van der Waals surface area contributed by atoms with Crippen molar-refractivity contribution >= 4 is 35.3 Å². The predicted molar refractivity (Wildman–Crippen MR) is 115 cm³/mol. The van der Waals surface area contributed by atoms with Crippen LogP contribution in [0.2, 0.25) is 0 Å². The molecule has 0 fully saturated rings. The highest BCUT2D eigenvalue weighted by Crippen LogP contribution is 2.24. The van der Waals surface area contributed by atoms with Gasteiger partial charge in [0.1, 0.15) is 5.82 Å². The number of nitrogens with one attached hydrogen (secondary N) is 1. The van der Waals surface area contributed by atoms with Crippen molar-refractivity contribution in [2.24, 2.45) is 0 Å². The number of rotatable bonds is 8. The highest BCUT2D eigenvalue weighted by Gasteiger charge is 2.35. The lowest BCUT2D eigenvalue weighted by atomic mass is 10.1. The maximum absolute atomic E-state index is 12.9. The van der Waals surface area contributed by atoms with E-state index in [2.05, 4.69) is 11.9 Å². The number of hydrogen-bond acceptors (Lipinski definition) is 6. The van der Waals surface area contributed by atoms with E-state index in [9.17, 15) is 28.4 Å². The summed E-state index contributed by atoms with van der Waals surface area (Å²) in [4.78, 5) is 63.2. The van der Waals surface area contributed by atoms with Crippen molar-refractivity contribution in [3.8, 4) is 0 Å². The highest BCUT2D eigenvalue weighted by atomic mass is 19.1. The summed E-state index contributed by atoms with van der Waals surface area (Å²) in [6.07, 6.45) is 1.42. The Labute approximate surface area is 188 Å². The molecule has 1 N–H and O–H groups in total. The van der Waals surface area contributed by atoms with Crippen molar-refractivity contribution in [2.45, 2.75) is 0 Å². The molecule has 0 atom stereocenters. The van der Waals surface area contributed by atoms with Gasteiger partial charge in [-0.3, -0.25) is 24.1 Å². The van der Waals surface area contributed by atoms with Crippen LogP contribution in [0.1, 0.15) is 31.1 Å². The van der Waals surface area contributed by atoms with Crippen LogP contribution in [0.3, 0.4) is 0 Å². The molecule has 2 aromatic carbocycles. The standard InChI is InChI=1S/C23H20FN3O6/c1-3-10-27-21(30)17-9-4-14(11-18(17)22(27)31)23(32)33-13-20(29)26(2)12-19(28)25-16-7-5-15(24)6-8-16/h3-9,11H,1,10,12-13H2,2H3,(H,25,28). The number of esters is 1. The second-order valence-corrected chi connectivity index (χ2v) is 7.15. The Morgan fingerprint density at radius 3 is 2.42 bits per heavy atom. The summed E-state index contributed by atoms with van der Waals surface area (Å²) in [7, 11) is 1.36. The highest BCUT2D eigenvalue weighted by molar-refractivity contribution is 6.22. The first kappa shape index (κ1) is 23.3. The SMILES string of the molecule is C=CCN1C(=O)c2ccc(C(=O)OCC(=O)N(C)CC(=O)Nc3ccc(F)cc3)cc2C1=O. The molecule has 1 heterocycles. The maximum Gasteiger partial charge on any atom is 0.338 e. The second kappa shape index (κ2) is 9.86. The van der Waals surface area contributed by atoms with Gasteiger partial charge in [-0.05, 0) is 42.5 Å². The number of fused-ring (bicyclic) bond motifs is 1.